The summed E-state index contributed by atoms with van der Waals surface area (Å²) in [7, 11) is 1.50. The van der Waals surface area contributed by atoms with E-state index >= 15 is 0 Å². The molecule has 0 atom stereocenters. The molecule has 2 aliphatic rings. The van der Waals surface area contributed by atoms with Crippen LogP contribution < -0.4 is 16.4 Å². The van der Waals surface area contributed by atoms with Crippen LogP contribution in [-0.4, -0.2) is 65.5 Å². The normalized spacial score (nSPS) is 16.1. The monoisotopic (exact) mass is 565 g/mol. The standard InChI is InChI=1S/C29H34N4O4S.CH5N/c1-20-6-8-24-23(16-20)18-37-29(24)10-13-33(14-11-29)27(35)5-3-4-21(2)25(19-38)32-28(36)22-7-9-26(31-17-22)30-12-15-34;1-2/h3-4,6-9,16-17,19,34H,5,10-15,18H2,1-2H3,(H,30,31)(H,32,36);2H2,1H3/b4-3-,25-21+;. The van der Waals surface area contributed by atoms with Crippen molar-refractivity contribution in [2.24, 2.45) is 5.73 Å². The van der Waals surface area contributed by atoms with E-state index < -0.39 is 0 Å². The van der Waals surface area contributed by atoms with Crippen LogP contribution in [0.15, 0.2) is 60.0 Å². The third-order valence-corrected chi connectivity index (χ3v) is 7.31. The summed E-state index contributed by atoms with van der Waals surface area (Å²) in [6.07, 6.45) is 6.93. The van der Waals surface area contributed by atoms with Crippen LogP contribution in [0.4, 0.5) is 5.82 Å². The number of nitrogens with one attached hydrogen (secondary N) is 2. The zero-order valence-electron chi connectivity index (χ0n) is 23.4. The first-order chi connectivity index (χ1) is 19.3. The molecule has 4 rings (SSSR count). The minimum absolute atomic E-state index is 0.00635. The molecule has 214 valence electrons. The molecule has 1 saturated heterocycles. The number of piperidine rings is 1. The summed E-state index contributed by atoms with van der Waals surface area (Å²) < 4.78 is 6.25. The minimum Gasteiger partial charge on any atom is -0.395 e. The number of rotatable bonds is 9. The van der Waals surface area contributed by atoms with E-state index in [0.717, 1.165) is 18.4 Å². The zero-order chi connectivity index (χ0) is 29.1. The molecule has 40 heavy (non-hydrogen) atoms. The number of nitrogens with two attached hydrogens (primary N) is 1. The number of fused-ring (bicyclic) bond motifs is 2. The van der Waals surface area contributed by atoms with E-state index in [9.17, 15) is 9.59 Å². The maximum atomic E-state index is 12.9. The molecule has 2 aliphatic heterocycles. The van der Waals surface area contributed by atoms with Gasteiger partial charge in [-0.15, -0.1) is 0 Å². The summed E-state index contributed by atoms with van der Waals surface area (Å²) in [5.41, 5.74) is 9.63. The largest absolute Gasteiger partial charge is 0.395 e. The number of thiocarbonyl (C=S) groups is 1. The molecule has 5 N–H and O–H groups in total. The van der Waals surface area contributed by atoms with Gasteiger partial charge < -0.3 is 31.1 Å². The number of aryl methyl sites for hydroxylation is 1. The van der Waals surface area contributed by atoms with E-state index in [2.05, 4.69) is 46.5 Å². The van der Waals surface area contributed by atoms with E-state index in [1.807, 2.05) is 11.8 Å². The van der Waals surface area contributed by atoms with Gasteiger partial charge in [0.25, 0.3) is 5.91 Å². The average molecular weight is 566 g/mol. The number of hydrogen-bond acceptors (Lipinski definition) is 8. The number of aromatic nitrogens is 1. The second-order valence-electron chi connectivity index (χ2n) is 9.68. The van der Waals surface area contributed by atoms with Crippen LogP contribution in [0.3, 0.4) is 0 Å². The van der Waals surface area contributed by atoms with Gasteiger partial charge in [-0.05, 0) is 62.6 Å². The Labute approximate surface area is 241 Å². The SMILES string of the molecule is CC(/C=C\CC(=O)N1CCC2(CC1)OCc1cc(C)ccc12)=C(/C=S)NC(=O)c1ccc(NCCO)nc1.CN. The maximum absolute atomic E-state index is 12.9. The minimum atomic E-state index is -0.334. The molecular weight excluding hydrogens is 526 g/mol. The smallest absolute Gasteiger partial charge is 0.257 e. The lowest BCUT2D eigenvalue weighted by Gasteiger charge is -2.39. The molecule has 0 unspecified atom stereocenters. The third kappa shape index (κ3) is 7.60. The number of pyridine rings is 1. The molecule has 0 aliphatic carbocycles. The molecule has 10 heteroatoms. The number of aliphatic hydroxyl groups is 1. The van der Waals surface area contributed by atoms with Crippen LogP contribution in [0.25, 0.3) is 0 Å². The number of nitrogens with zero attached hydrogens (tertiary/aromatic N) is 2. The van der Waals surface area contributed by atoms with Gasteiger partial charge in [0.1, 0.15) is 5.82 Å². The Balaban J connectivity index is 0.00000216. The summed E-state index contributed by atoms with van der Waals surface area (Å²) in [6, 6.07) is 9.83. The van der Waals surface area contributed by atoms with Gasteiger partial charge in [-0.2, -0.15) is 0 Å². The van der Waals surface area contributed by atoms with E-state index in [0.29, 0.717) is 43.3 Å². The van der Waals surface area contributed by atoms with Gasteiger partial charge in [0.15, 0.2) is 0 Å². The van der Waals surface area contributed by atoms with Crippen molar-refractivity contribution in [3.8, 4) is 0 Å². The summed E-state index contributed by atoms with van der Waals surface area (Å²) in [4.78, 5) is 31.6. The van der Waals surface area contributed by atoms with Crippen molar-refractivity contribution in [1.29, 1.82) is 0 Å². The van der Waals surface area contributed by atoms with Gasteiger partial charge in [-0.3, -0.25) is 9.59 Å². The van der Waals surface area contributed by atoms with Gasteiger partial charge in [0.2, 0.25) is 5.91 Å². The molecule has 0 bridgehead atoms. The number of likely N-dealkylation sites (tertiary alicyclic amines) is 1. The lowest BCUT2D eigenvalue weighted by atomic mass is 9.83. The van der Waals surface area contributed by atoms with Crippen LogP contribution in [0, 0.1) is 6.92 Å². The number of benzene rings is 1. The molecule has 0 radical (unpaired) electrons. The van der Waals surface area contributed by atoms with Crippen molar-refractivity contribution >= 4 is 35.2 Å². The number of carbonyl (C=O) groups excluding carboxylic acids is 2. The molecule has 1 spiro atoms. The van der Waals surface area contributed by atoms with E-state index in [1.54, 1.807) is 24.3 Å². The zero-order valence-corrected chi connectivity index (χ0v) is 24.2. The van der Waals surface area contributed by atoms with E-state index in [-0.39, 0.29) is 30.4 Å². The van der Waals surface area contributed by atoms with Crippen molar-refractivity contribution in [2.75, 3.05) is 38.6 Å². The number of amides is 2. The second-order valence-corrected chi connectivity index (χ2v) is 9.92. The predicted octanol–water partition coefficient (Wildman–Crippen LogP) is 3.37. The molecular formula is C30H39N5O4S. The van der Waals surface area contributed by atoms with Crippen LogP contribution >= 0.6 is 12.2 Å². The Hall–Kier alpha value is -3.44. The van der Waals surface area contributed by atoms with E-state index in [4.69, 9.17) is 22.1 Å². The third-order valence-electron chi connectivity index (χ3n) is 7.07. The molecule has 0 saturated carbocycles. The molecule has 9 nitrogen and oxygen atoms in total. The fourth-order valence-electron chi connectivity index (χ4n) is 4.90. The quantitative estimate of drug-likeness (QED) is 0.207. The first kappa shape index (κ1) is 31.1. The highest BCUT2D eigenvalue weighted by atomic mass is 32.1. The van der Waals surface area contributed by atoms with Gasteiger partial charge in [-0.25, -0.2) is 4.98 Å². The molecule has 1 aromatic carbocycles. The highest BCUT2D eigenvalue weighted by molar-refractivity contribution is 7.79. The second kappa shape index (κ2) is 14.8. The lowest BCUT2D eigenvalue weighted by Crippen LogP contribution is -2.45. The van der Waals surface area contributed by atoms with Crippen molar-refractivity contribution in [3.05, 3.63) is 82.2 Å². The Morgan fingerprint density at radius 2 is 1.98 bits per heavy atom. The van der Waals surface area contributed by atoms with Gasteiger partial charge in [0, 0.05) is 37.6 Å². The summed E-state index contributed by atoms with van der Waals surface area (Å²) in [5, 5.41) is 16.0. The lowest BCUT2D eigenvalue weighted by molar-refractivity contribution is -0.137. The van der Waals surface area contributed by atoms with Crippen LogP contribution in [0.2, 0.25) is 0 Å². The summed E-state index contributed by atoms with van der Waals surface area (Å²) in [6.45, 7) is 6.27. The van der Waals surface area contributed by atoms with Gasteiger partial charge >= 0.3 is 0 Å². The van der Waals surface area contributed by atoms with Crippen LogP contribution in [0.5, 0.6) is 0 Å². The number of carbonyl (C=O) groups is 2. The van der Waals surface area contributed by atoms with Gasteiger partial charge in [-0.1, -0.05) is 48.1 Å². The van der Waals surface area contributed by atoms with E-state index in [1.165, 1.54) is 35.3 Å². The fraction of sp³-hybridized carbons (Fsp3) is 0.400. The highest BCUT2D eigenvalue weighted by Crippen LogP contribution is 2.44. The van der Waals surface area contributed by atoms with Crippen LogP contribution in [0.1, 0.15) is 53.2 Å². The number of aliphatic hydroxyl groups excluding tert-OH is 1. The van der Waals surface area contributed by atoms with Crippen molar-refractivity contribution in [2.45, 2.75) is 45.3 Å². The Kier molecular flexibility index (Phi) is 11.5. The number of ether oxygens (including phenoxy) is 1. The molecule has 3 heterocycles. The highest BCUT2D eigenvalue weighted by Gasteiger charge is 2.43. The summed E-state index contributed by atoms with van der Waals surface area (Å²) in [5.74, 6) is 0.309. The van der Waals surface area contributed by atoms with Gasteiger partial charge in [0.05, 0.1) is 30.1 Å². The Bertz CT molecular complexity index is 1250. The first-order valence-electron chi connectivity index (χ1n) is 13.4. The number of anilines is 1. The fourth-order valence-corrected chi connectivity index (χ4v) is 5.14. The summed E-state index contributed by atoms with van der Waals surface area (Å²) >= 11 is 5.11. The molecule has 2 aromatic rings. The Morgan fingerprint density at radius 3 is 2.62 bits per heavy atom. The predicted molar refractivity (Wildman–Crippen MR) is 161 cm³/mol. The Morgan fingerprint density at radius 1 is 1.23 bits per heavy atom. The van der Waals surface area contributed by atoms with Crippen molar-refractivity contribution < 1.29 is 19.4 Å². The number of hydrogen-bond donors (Lipinski definition) is 4. The molecule has 1 aromatic heterocycles. The topological polar surface area (TPSA) is 130 Å². The van der Waals surface area contributed by atoms with Crippen molar-refractivity contribution in [1.82, 2.24) is 15.2 Å². The van der Waals surface area contributed by atoms with Crippen LogP contribution in [-0.2, 0) is 21.7 Å². The first-order valence-corrected chi connectivity index (χ1v) is 13.9. The average Bonchev–Trinajstić information content (AvgIpc) is 3.32. The maximum Gasteiger partial charge on any atom is 0.257 e. The van der Waals surface area contributed by atoms with Crippen molar-refractivity contribution in [3.63, 3.8) is 0 Å². The number of allylic oxidation sites excluding steroid dienone is 3. The molecule has 1 fully saturated rings. The molecule has 2 amide bonds.